The number of aromatic nitrogens is 2. The van der Waals surface area contributed by atoms with Crippen LogP contribution < -0.4 is 5.32 Å². The maximum atomic E-state index is 11.2. The molecule has 15 heavy (non-hydrogen) atoms. The van der Waals surface area contributed by atoms with Crippen molar-refractivity contribution in [3.63, 3.8) is 0 Å². The number of hydrogen-bond acceptors (Lipinski definition) is 3. The lowest BCUT2D eigenvalue weighted by molar-refractivity contribution is -0.141. The Bertz CT molecular complexity index is 334. The Kier molecular flexibility index (Phi) is 3.84. The van der Waals surface area contributed by atoms with Crippen LogP contribution in [-0.4, -0.2) is 32.6 Å². The molecule has 6 heteroatoms. The topological polar surface area (TPSA) is 84.2 Å². The van der Waals surface area contributed by atoms with Gasteiger partial charge in [0.25, 0.3) is 0 Å². The highest BCUT2D eigenvalue weighted by atomic mass is 16.4. The number of carboxylic acid groups (broad SMARTS) is 1. The third kappa shape index (κ3) is 3.80. The van der Waals surface area contributed by atoms with Crippen LogP contribution in [0.15, 0.2) is 18.7 Å². The highest BCUT2D eigenvalue weighted by Gasteiger charge is 2.13. The summed E-state index contributed by atoms with van der Waals surface area (Å²) in [4.78, 5) is 25.5. The lowest BCUT2D eigenvalue weighted by atomic mass is 10.3. The van der Waals surface area contributed by atoms with E-state index in [1.807, 2.05) is 0 Å². The molecule has 0 bridgehead atoms. The van der Waals surface area contributed by atoms with Gasteiger partial charge in [-0.3, -0.25) is 9.59 Å². The second-order valence-electron chi connectivity index (χ2n) is 3.18. The van der Waals surface area contributed by atoms with Crippen molar-refractivity contribution in [3.05, 3.63) is 18.7 Å². The Hall–Kier alpha value is -1.85. The van der Waals surface area contributed by atoms with Gasteiger partial charge in [0.2, 0.25) is 5.91 Å². The van der Waals surface area contributed by atoms with E-state index in [2.05, 4.69) is 10.3 Å². The van der Waals surface area contributed by atoms with Crippen LogP contribution >= 0.6 is 0 Å². The van der Waals surface area contributed by atoms with Crippen molar-refractivity contribution in [3.8, 4) is 0 Å². The molecule has 1 rings (SSSR count). The number of aliphatic carboxylic acids is 1. The molecule has 0 radical (unpaired) electrons. The number of imidazole rings is 1. The Morgan fingerprint density at radius 1 is 1.60 bits per heavy atom. The van der Waals surface area contributed by atoms with Gasteiger partial charge in [-0.1, -0.05) is 0 Å². The number of nitrogens with one attached hydrogen (secondary N) is 1. The molecule has 1 aromatic rings. The molecule has 0 aliphatic rings. The molecule has 6 nitrogen and oxygen atoms in total. The Morgan fingerprint density at radius 3 is 2.87 bits per heavy atom. The summed E-state index contributed by atoms with van der Waals surface area (Å²) in [7, 11) is 0. The van der Waals surface area contributed by atoms with Gasteiger partial charge in [-0.2, -0.15) is 0 Å². The Labute approximate surface area is 86.9 Å². The summed E-state index contributed by atoms with van der Waals surface area (Å²) >= 11 is 0. The normalized spacial score (nSPS) is 12.1. The zero-order valence-corrected chi connectivity index (χ0v) is 8.38. The van der Waals surface area contributed by atoms with Crippen molar-refractivity contribution >= 4 is 11.9 Å². The number of nitrogens with zero attached hydrogens (tertiary/aromatic N) is 2. The summed E-state index contributed by atoms with van der Waals surface area (Å²) in [5.74, 6) is -1.32. The van der Waals surface area contributed by atoms with Gasteiger partial charge in [-0.25, -0.2) is 4.98 Å². The number of carbonyl (C=O) groups is 2. The zero-order valence-electron chi connectivity index (χ0n) is 8.38. The van der Waals surface area contributed by atoms with E-state index < -0.39 is 12.0 Å². The van der Waals surface area contributed by atoms with E-state index in [0.29, 0.717) is 6.54 Å². The molecule has 0 aromatic carbocycles. The summed E-state index contributed by atoms with van der Waals surface area (Å²) in [5.41, 5.74) is 0. The number of carboxylic acids is 1. The highest BCUT2D eigenvalue weighted by molar-refractivity contribution is 5.83. The summed E-state index contributed by atoms with van der Waals surface area (Å²) in [6, 6.07) is -0.847. The van der Waals surface area contributed by atoms with Crippen LogP contribution in [0.25, 0.3) is 0 Å². The molecule has 2 N–H and O–H groups in total. The average molecular weight is 211 g/mol. The van der Waals surface area contributed by atoms with E-state index in [1.54, 1.807) is 23.3 Å². The van der Waals surface area contributed by atoms with Crippen LogP contribution in [0.2, 0.25) is 0 Å². The first-order chi connectivity index (χ1) is 7.09. The summed E-state index contributed by atoms with van der Waals surface area (Å²) in [6.07, 6.45) is 5.22. The number of amides is 1. The van der Waals surface area contributed by atoms with Crippen LogP contribution in [0.1, 0.15) is 13.3 Å². The molecule has 0 aliphatic carbocycles. The molecular formula is C9H13N3O3. The number of rotatable bonds is 5. The molecule has 1 unspecified atom stereocenters. The quantitative estimate of drug-likeness (QED) is 0.710. The third-order valence-electron chi connectivity index (χ3n) is 1.90. The fraction of sp³-hybridized carbons (Fsp3) is 0.444. The number of hydrogen-bond donors (Lipinski definition) is 2. The number of carbonyl (C=O) groups excluding carboxylic acids is 1. The van der Waals surface area contributed by atoms with Gasteiger partial charge in [0.05, 0.1) is 6.33 Å². The van der Waals surface area contributed by atoms with Gasteiger partial charge in [0.1, 0.15) is 6.04 Å². The van der Waals surface area contributed by atoms with Gasteiger partial charge in [0.15, 0.2) is 0 Å². The highest BCUT2D eigenvalue weighted by Crippen LogP contribution is 1.91. The smallest absolute Gasteiger partial charge is 0.325 e. The van der Waals surface area contributed by atoms with Gasteiger partial charge in [0, 0.05) is 25.4 Å². The summed E-state index contributed by atoms with van der Waals surface area (Å²) in [5, 5.41) is 10.9. The van der Waals surface area contributed by atoms with E-state index in [1.165, 1.54) is 6.92 Å². The average Bonchev–Trinajstić information content (AvgIpc) is 2.66. The van der Waals surface area contributed by atoms with E-state index >= 15 is 0 Å². The minimum absolute atomic E-state index is 0.244. The van der Waals surface area contributed by atoms with E-state index in [4.69, 9.17) is 5.11 Å². The Morgan fingerprint density at radius 2 is 2.33 bits per heavy atom. The van der Waals surface area contributed by atoms with Crippen molar-refractivity contribution in [2.75, 3.05) is 0 Å². The van der Waals surface area contributed by atoms with Crippen LogP contribution in [0, 0.1) is 0 Å². The molecule has 0 fully saturated rings. The van der Waals surface area contributed by atoms with Crippen molar-refractivity contribution in [1.82, 2.24) is 14.9 Å². The molecule has 1 atom stereocenters. The molecule has 82 valence electrons. The van der Waals surface area contributed by atoms with Crippen LogP contribution in [-0.2, 0) is 16.1 Å². The SMILES string of the molecule is CC(NC(=O)CCn1ccnc1)C(=O)O. The zero-order chi connectivity index (χ0) is 11.3. The molecule has 0 spiro atoms. The molecule has 0 saturated heterocycles. The minimum atomic E-state index is -1.04. The first kappa shape index (κ1) is 11.2. The lowest BCUT2D eigenvalue weighted by Gasteiger charge is -2.08. The lowest BCUT2D eigenvalue weighted by Crippen LogP contribution is -2.38. The monoisotopic (exact) mass is 211 g/mol. The van der Waals surface area contributed by atoms with Crippen molar-refractivity contribution in [1.29, 1.82) is 0 Å². The molecule has 1 aromatic heterocycles. The van der Waals surface area contributed by atoms with E-state index in [-0.39, 0.29) is 12.3 Å². The van der Waals surface area contributed by atoms with Gasteiger partial charge in [-0.15, -0.1) is 0 Å². The maximum Gasteiger partial charge on any atom is 0.325 e. The predicted octanol–water partition coefficient (Wildman–Crippen LogP) is -0.138. The first-order valence-electron chi connectivity index (χ1n) is 4.57. The van der Waals surface area contributed by atoms with Gasteiger partial charge in [-0.05, 0) is 6.92 Å². The standard InChI is InChI=1S/C9H13N3O3/c1-7(9(14)15)11-8(13)2-4-12-5-3-10-6-12/h3,5-7H,2,4H2,1H3,(H,11,13)(H,14,15). The summed E-state index contributed by atoms with van der Waals surface area (Å²) in [6.45, 7) is 1.93. The first-order valence-corrected chi connectivity index (χ1v) is 4.57. The molecule has 1 heterocycles. The maximum absolute atomic E-state index is 11.2. The fourth-order valence-electron chi connectivity index (χ4n) is 1.03. The predicted molar refractivity (Wildman–Crippen MR) is 52.1 cm³/mol. The molecule has 0 saturated carbocycles. The van der Waals surface area contributed by atoms with Gasteiger partial charge < -0.3 is 15.0 Å². The van der Waals surface area contributed by atoms with E-state index in [0.717, 1.165) is 0 Å². The summed E-state index contributed by atoms with van der Waals surface area (Å²) < 4.78 is 1.75. The largest absolute Gasteiger partial charge is 0.480 e. The molecular weight excluding hydrogens is 198 g/mol. The van der Waals surface area contributed by atoms with E-state index in [9.17, 15) is 9.59 Å². The second-order valence-corrected chi connectivity index (χ2v) is 3.18. The van der Waals surface area contributed by atoms with Crippen LogP contribution in [0.3, 0.4) is 0 Å². The second kappa shape index (κ2) is 5.14. The fourth-order valence-corrected chi connectivity index (χ4v) is 1.03. The van der Waals surface area contributed by atoms with Crippen LogP contribution in [0.4, 0.5) is 0 Å². The Balaban J connectivity index is 2.28. The van der Waals surface area contributed by atoms with Crippen molar-refractivity contribution in [2.45, 2.75) is 25.9 Å². The van der Waals surface area contributed by atoms with Gasteiger partial charge >= 0.3 is 5.97 Å². The van der Waals surface area contributed by atoms with Crippen molar-refractivity contribution in [2.24, 2.45) is 0 Å². The molecule has 1 amide bonds. The van der Waals surface area contributed by atoms with Crippen molar-refractivity contribution < 1.29 is 14.7 Å². The molecule has 0 aliphatic heterocycles. The third-order valence-corrected chi connectivity index (χ3v) is 1.90. The number of aryl methyl sites for hydroxylation is 1. The minimum Gasteiger partial charge on any atom is -0.480 e. The van der Waals surface area contributed by atoms with Crippen LogP contribution in [0.5, 0.6) is 0 Å².